The van der Waals surface area contributed by atoms with E-state index in [1.165, 1.54) is 12.1 Å². The van der Waals surface area contributed by atoms with Gasteiger partial charge in [0, 0.05) is 0 Å². The number of carbonyl (C=O) groups is 2. The van der Waals surface area contributed by atoms with Gasteiger partial charge in [-0.05, 0) is 24.3 Å². The Bertz CT molecular complexity index is 1150. The molecule has 0 aliphatic carbocycles. The number of aromatic nitrogens is 2. The van der Waals surface area contributed by atoms with E-state index in [2.05, 4.69) is 0 Å². The van der Waals surface area contributed by atoms with Crippen molar-refractivity contribution in [1.29, 1.82) is 0 Å². The summed E-state index contributed by atoms with van der Waals surface area (Å²) in [6.45, 7) is 0. The lowest BCUT2D eigenvalue weighted by atomic mass is 10.2. The molecule has 0 N–H and O–H groups in total. The second-order valence-electron chi connectivity index (χ2n) is 5.64. The molecule has 3 rings (SSSR count). The van der Waals surface area contributed by atoms with Crippen molar-refractivity contribution in [3.8, 4) is 11.4 Å². The predicted molar refractivity (Wildman–Crippen MR) is 100 cm³/mol. The first kappa shape index (κ1) is 18.8. The van der Waals surface area contributed by atoms with E-state index in [1.54, 1.807) is 48.5 Å². The van der Waals surface area contributed by atoms with Crippen molar-refractivity contribution < 1.29 is 19.1 Å². The molecule has 0 spiro atoms. The van der Waals surface area contributed by atoms with Crippen molar-refractivity contribution >= 4 is 11.9 Å². The summed E-state index contributed by atoms with van der Waals surface area (Å²) < 4.78 is 11.2. The molecule has 0 unspecified atom stereocenters. The van der Waals surface area contributed by atoms with Gasteiger partial charge in [0.05, 0.1) is 25.6 Å². The smallest absolute Gasteiger partial charge is 0.356 e. The van der Waals surface area contributed by atoms with Crippen LogP contribution in [0.4, 0.5) is 0 Å². The minimum absolute atomic E-state index is 0.240. The van der Waals surface area contributed by atoms with Crippen LogP contribution in [0, 0.1) is 0 Å². The van der Waals surface area contributed by atoms with Crippen molar-refractivity contribution in [2.24, 2.45) is 0 Å². The summed E-state index contributed by atoms with van der Waals surface area (Å²) in [7, 11) is 2.17. The highest BCUT2D eigenvalue weighted by Crippen LogP contribution is 2.14. The highest BCUT2D eigenvalue weighted by atomic mass is 16.5. The molecule has 8 nitrogen and oxygen atoms in total. The minimum atomic E-state index is -1.06. The number of esters is 2. The van der Waals surface area contributed by atoms with E-state index in [4.69, 9.17) is 9.47 Å². The highest BCUT2D eigenvalue weighted by Gasteiger charge is 2.31. The molecule has 0 fully saturated rings. The first-order valence-electron chi connectivity index (χ1n) is 8.20. The third-order valence-electron chi connectivity index (χ3n) is 4.06. The second kappa shape index (κ2) is 7.75. The molecule has 2 aromatic carbocycles. The van der Waals surface area contributed by atoms with Crippen LogP contribution in [0.5, 0.6) is 0 Å². The van der Waals surface area contributed by atoms with Gasteiger partial charge < -0.3 is 9.47 Å². The van der Waals surface area contributed by atoms with E-state index in [0.29, 0.717) is 0 Å². The fraction of sp³-hybridized carbons (Fsp3) is 0.100. The largest absolute Gasteiger partial charge is 0.465 e. The van der Waals surface area contributed by atoms with Crippen molar-refractivity contribution in [1.82, 2.24) is 9.13 Å². The average molecular weight is 380 g/mol. The summed E-state index contributed by atoms with van der Waals surface area (Å²) in [5.41, 5.74) is -2.37. The molecule has 0 atom stereocenters. The zero-order valence-corrected chi connectivity index (χ0v) is 15.1. The Balaban J connectivity index is 2.56. The standard InChI is InChI=1S/C20H16N2O6/c1-27-18(24)15-16(19(25)28-2)21(13-9-5-3-6-10-13)20(26)22(17(15)23)14-11-7-4-8-12-14/h3-12H,1-2H3. The maximum atomic E-state index is 13.3. The maximum absolute atomic E-state index is 13.3. The van der Waals surface area contributed by atoms with Crippen LogP contribution < -0.4 is 11.2 Å². The van der Waals surface area contributed by atoms with E-state index in [1.807, 2.05) is 0 Å². The lowest BCUT2D eigenvalue weighted by molar-refractivity contribution is 0.0543. The predicted octanol–water partition coefficient (Wildman–Crippen LogP) is 1.56. The Kier molecular flexibility index (Phi) is 5.21. The monoisotopic (exact) mass is 380 g/mol. The molecule has 0 saturated carbocycles. The van der Waals surface area contributed by atoms with Crippen LogP contribution in [0.1, 0.15) is 20.8 Å². The Morgan fingerprint density at radius 2 is 1.18 bits per heavy atom. The lowest BCUT2D eigenvalue weighted by Gasteiger charge is -2.17. The zero-order chi connectivity index (χ0) is 20.3. The number of para-hydroxylation sites is 2. The zero-order valence-electron chi connectivity index (χ0n) is 15.1. The molecule has 8 heteroatoms. The molecule has 1 aromatic heterocycles. The van der Waals surface area contributed by atoms with E-state index in [0.717, 1.165) is 23.4 Å². The fourth-order valence-corrected chi connectivity index (χ4v) is 2.80. The second-order valence-corrected chi connectivity index (χ2v) is 5.64. The van der Waals surface area contributed by atoms with Crippen molar-refractivity contribution in [3.63, 3.8) is 0 Å². The molecule has 0 aliphatic heterocycles. The number of nitrogens with zero attached hydrogens (tertiary/aromatic N) is 2. The molecule has 28 heavy (non-hydrogen) atoms. The topological polar surface area (TPSA) is 96.6 Å². The van der Waals surface area contributed by atoms with Gasteiger partial charge in [-0.25, -0.2) is 19.0 Å². The summed E-state index contributed by atoms with van der Waals surface area (Å²) in [6, 6.07) is 16.2. The first-order chi connectivity index (χ1) is 13.5. The van der Waals surface area contributed by atoms with E-state index in [9.17, 15) is 19.2 Å². The minimum Gasteiger partial charge on any atom is -0.465 e. The van der Waals surface area contributed by atoms with Crippen LogP contribution in [0.15, 0.2) is 70.3 Å². The number of ether oxygens (including phenoxy) is 2. The molecule has 0 bridgehead atoms. The van der Waals surface area contributed by atoms with Crippen LogP contribution in [0.2, 0.25) is 0 Å². The number of carbonyl (C=O) groups excluding carboxylic acids is 2. The third kappa shape index (κ3) is 3.11. The Morgan fingerprint density at radius 3 is 1.64 bits per heavy atom. The van der Waals surface area contributed by atoms with Gasteiger partial charge in [-0.1, -0.05) is 36.4 Å². The number of benzene rings is 2. The molecule has 0 radical (unpaired) electrons. The molecule has 0 saturated heterocycles. The van der Waals surface area contributed by atoms with Gasteiger partial charge in [0.1, 0.15) is 0 Å². The van der Waals surface area contributed by atoms with Crippen LogP contribution in [-0.2, 0) is 9.47 Å². The molecule has 1 heterocycles. The number of rotatable bonds is 4. The number of methoxy groups -OCH3 is 2. The average Bonchev–Trinajstić information content (AvgIpc) is 2.73. The third-order valence-corrected chi connectivity index (χ3v) is 4.06. The van der Waals surface area contributed by atoms with Crippen LogP contribution in [0.3, 0.4) is 0 Å². The van der Waals surface area contributed by atoms with Crippen LogP contribution in [-0.4, -0.2) is 35.3 Å². The normalized spacial score (nSPS) is 10.4. The summed E-state index contributed by atoms with van der Waals surface area (Å²) in [5.74, 6) is -2.07. The van der Waals surface area contributed by atoms with Gasteiger partial charge in [-0.2, -0.15) is 0 Å². The highest BCUT2D eigenvalue weighted by molar-refractivity contribution is 6.02. The van der Waals surface area contributed by atoms with E-state index >= 15 is 0 Å². The number of hydrogen-bond donors (Lipinski definition) is 0. The first-order valence-corrected chi connectivity index (χ1v) is 8.20. The molecule has 142 valence electrons. The molecular weight excluding hydrogens is 364 g/mol. The maximum Gasteiger partial charge on any atom is 0.356 e. The SMILES string of the molecule is COC(=O)c1c(C(=O)OC)n(-c2ccccc2)c(=O)n(-c2ccccc2)c1=O. The molecule has 0 aliphatic rings. The summed E-state index contributed by atoms with van der Waals surface area (Å²) in [5, 5.41) is 0. The fourth-order valence-electron chi connectivity index (χ4n) is 2.80. The van der Waals surface area contributed by atoms with Gasteiger partial charge in [-0.15, -0.1) is 0 Å². The number of hydrogen-bond acceptors (Lipinski definition) is 6. The van der Waals surface area contributed by atoms with E-state index in [-0.39, 0.29) is 11.4 Å². The van der Waals surface area contributed by atoms with Crippen molar-refractivity contribution in [2.45, 2.75) is 0 Å². The van der Waals surface area contributed by atoms with Gasteiger partial charge >= 0.3 is 17.6 Å². The summed E-state index contributed by atoms with van der Waals surface area (Å²) in [6.07, 6.45) is 0. The van der Waals surface area contributed by atoms with Crippen molar-refractivity contribution in [2.75, 3.05) is 14.2 Å². The van der Waals surface area contributed by atoms with Crippen molar-refractivity contribution in [3.05, 3.63) is 92.8 Å². The van der Waals surface area contributed by atoms with Crippen LogP contribution >= 0.6 is 0 Å². The van der Waals surface area contributed by atoms with Gasteiger partial charge in [-0.3, -0.25) is 9.36 Å². The Morgan fingerprint density at radius 1 is 0.714 bits per heavy atom. The Labute approximate surface area is 159 Å². The molecule has 0 amide bonds. The Hall–Kier alpha value is -3.94. The quantitative estimate of drug-likeness (QED) is 0.638. The van der Waals surface area contributed by atoms with E-state index < -0.39 is 34.4 Å². The van der Waals surface area contributed by atoms with Crippen LogP contribution in [0.25, 0.3) is 11.4 Å². The summed E-state index contributed by atoms with van der Waals surface area (Å²) >= 11 is 0. The molecular formula is C20H16N2O6. The summed E-state index contributed by atoms with van der Waals surface area (Å²) in [4.78, 5) is 51.2. The van der Waals surface area contributed by atoms with Gasteiger partial charge in [0.2, 0.25) is 0 Å². The lowest BCUT2D eigenvalue weighted by Crippen LogP contribution is -2.44. The van der Waals surface area contributed by atoms with Gasteiger partial charge in [0.25, 0.3) is 5.56 Å². The molecule has 3 aromatic rings. The van der Waals surface area contributed by atoms with Gasteiger partial charge in [0.15, 0.2) is 11.3 Å².